The van der Waals surface area contributed by atoms with E-state index in [4.69, 9.17) is 24.3 Å². The third-order valence-corrected chi connectivity index (χ3v) is 8.54. The molecule has 57 heavy (non-hydrogen) atoms. The fourth-order valence-electron chi connectivity index (χ4n) is 5.95. The van der Waals surface area contributed by atoms with Gasteiger partial charge in [0.25, 0.3) is 0 Å². The number of rotatable bonds is 12. The lowest BCUT2D eigenvalue weighted by molar-refractivity contribution is 0.0466. The Kier molecular flexibility index (Phi) is 38.0. The lowest BCUT2D eigenvalue weighted by Gasteiger charge is -2.25. The van der Waals surface area contributed by atoms with Gasteiger partial charge in [-0.1, -0.05) is 99.8 Å². The Hall–Kier alpha value is -3.87. The van der Waals surface area contributed by atoms with Gasteiger partial charge in [0, 0.05) is 45.8 Å². The highest BCUT2D eigenvalue weighted by Gasteiger charge is 2.25. The van der Waals surface area contributed by atoms with Crippen molar-refractivity contribution in [1.29, 1.82) is 0 Å². The van der Waals surface area contributed by atoms with Crippen LogP contribution in [0.25, 0.3) is 16.5 Å². The van der Waals surface area contributed by atoms with Crippen LogP contribution in [-0.4, -0.2) is 86.8 Å². The maximum absolute atomic E-state index is 7.00. The summed E-state index contributed by atoms with van der Waals surface area (Å²) in [6.45, 7) is 31.0. The molecule has 2 aliphatic heterocycles. The number of pyridine rings is 1. The van der Waals surface area contributed by atoms with Gasteiger partial charge in [0.2, 0.25) is 0 Å². The highest BCUT2D eigenvalue weighted by atomic mass is 16.7. The summed E-state index contributed by atoms with van der Waals surface area (Å²) in [5.41, 5.74) is 5.53. The number of nitrogens with zero attached hydrogens (tertiary/aromatic N) is 3. The monoisotopic (exact) mass is 793 g/mol. The Balaban J connectivity index is -0.00000123. The van der Waals surface area contributed by atoms with E-state index in [1.807, 2.05) is 46.9 Å². The quantitative estimate of drug-likeness (QED) is 0.162. The molecule has 0 amide bonds. The van der Waals surface area contributed by atoms with Gasteiger partial charge >= 0.3 is 0 Å². The third-order valence-electron chi connectivity index (χ3n) is 8.54. The molecule has 0 radical (unpaired) electrons. The van der Waals surface area contributed by atoms with Crippen LogP contribution in [0.15, 0.2) is 79.3 Å². The van der Waals surface area contributed by atoms with E-state index in [0.29, 0.717) is 13.3 Å². The first-order chi connectivity index (χ1) is 27.3. The van der Waals surface area contributed by atoms with Gasteiger partial charge < -0.3 is 34.4 Å². The van der Waals surface area contributed by atoms with Gasteiger partial charge in [-0.05, 0) is 119 Å². The van der Waals surface area contributed by atoms with Crippen LogP contribution in [0.3, 0.4) is 0 Å². The standard InChI is InChI=1S/C31H41N3O3.C6H11N.C3H8.C3H4.2C2H6.CH4O.CH4/c1-6-15-34(4)20-30(35-5)26-18-31(32-19-22(7-2)8-3)33-27-14-13-24(16-25(26)27)23-11-9-10-12-28-29(17-23)37-21-36-28;1-2-7-5-3-4-6-7;2*1-3-2;3*1-2;/h7-8,11,13-14,16-18,28,30H,2,6,9-10,12,15,19-21H2,1,3-5H3,(H,32,33);2H,1,3-6H2;3H2,1-2H3;1H,2H3;2*1-2H3;2H,1H3;1H4/b22-8+,23-11+,29-17+;;;;;;;. The number of aromatic nitrogens is 1. The zero-order valence-corrected chi connectivity index (χ0v) is 37.5. The van der Waals surface area contributed by atoms with E-state index in [9.17, 15) is 0 Å². The van der Waals surface area contributed by atoms with Gasteiger partial charge in [-0.15, -0.1) is 12.3 Å². The second-order valence-corrected chi connectivity index (χ2v) is 12.7. The number of hydrogen-bond acceptors (Lipinski definition) is 8. The lowest BCUT2D eigenvalue weighted by Crippen LogP contribution is -2.26. The van der Waals surface area contributed by atoms with Crippen molar-refractivity contribution in [2.45, 2.75) is 127 Å². The highest BCUT2D eigenvalue weighted by Crippen LogP contribution is 2.34. The van der Waals surface area contributed by atoms with Crippen molar-refractivity contribution in [3.63, 3.8) is 0 Å². The Morgan fingerprint density at radius 3 is 2.28 bits per heavy atom. The van der Waals surface area contributed by atoms with E-state index >= 15 is 0 Å². The predicted molar refractivity (Wildman–Crippen MR) is 252 cm³/mol. The SMILES string of the molecule is C.C#CC.C=C/C(=C\C)CNc1cc(C(CN(C)CCC)OC)c2cc(C3=C/CCCC4OCO\C4=C\3)ccc2n1.C=CN1CCCC1.CC.CC.CCC.CO. The Labute approximate surface area is 351 Å². The number of anilines is 1. The molecule has 8 heteroatoms. The van der Waals surface area contributed by atoms with Crippen molar-refractivity contribution in [3.05, 3.63) is 90.4 Å². The van der Waals surface area contributed by atoms with Crippen molar-refractivity contribution in [2.24, 2.45) is 0 Å². The summed E-state index contributed by atoms with van der Waals surface area (Å²) in [6.07, 6.45) is 23.1. The van der Waals surface area contributed by atoms with Crippen LogP contribution in [-0.2, 0) is 14.2 Å². The second kappa shape index (κ2) is 37.7. The molecular formula is C49H84N4O4. The topological polar surface area (TPSA) is 79.3 Å². The van der Waals surface area contributed by atoms with Gasteiger partial charge in [0.05, 0.1) is 11.6 Å². The maximum atomic E-state index is 7.00. The second-order valence-electron chi connectivity index (χ2n) is 12.7. The number of likely N-dealkylation sites (tertiary alicyclic amines) is 1. The summed E-state index contributed by atoms with van der Waals surface area (Å²) in [4.78, 5) is 9.54. The lowest BCUT2D eigenvalue weighted by atomic mass is 9.94. The van der Waals surface area contributed by atoms with Crippen molar-refractivity contribution >= 4 is 22.3 Å². The summed E-state index contributed by atoms with van der Waals surface area (Å²) >= 11 is 0. The summed E-state index contributed by atoms with van der Waals surface area (Å²) < 4.78 is 17.6. The largest absolute Gasteiger partial charge is 0.469 e. The average Bonchev–Trinajstić information content (AvgIpc) is 3.92. The van der Waals surface area contributed by atoms with Crippen molar-refractivity contribution in [3.8, 4) is 12.3 Å². The van der Waals surface area contributed by atoms with Crippen molar-refractivity contribution in [2.75, 3.05) is 66.1 Å². The number of terminal acetylenes is 1. The molecule has 2 N–H and O–H groups in total. The molecule has 0 bridgehead atoms. The molecule has 0 saturated carbocycles. The molecule has 5 rings (SSSR count). The number of benzene rings is 1. The summed E-state index contributed by atoms with van der Waals surface area (Å²) in [5.74, 6) is 4.02. The van der Waals surface area contributed by atoms with E-state index in [2.05, 4.69) is 111 Å². The van der Waals surface area contributed by atoms with E-state index in [0.717, 1.165) is 85.1 Å². The molecule has 8 nitrogen and oxygen atoms in total. The fourth-order valence-corrected chi connectivity index (χ4v) is 5.95. The van der Waals surface area contributed by atoms with Crippen LogP contribution in [0.2, 0.25) is 0 Å². The van der Waals surface area contributed by atoms with Crippen LogP contribution in [0.4, 0.5) is 5.82 Å². The smallest absolute Gasteiger partial charge is 0.189 e. The fraction of sp³-hybridized carbons (Fsp3) is 0.571. The number of methoxy groups -OCH3 is 1. The van der Waals surface area contributed by atoms with Crippen LogP contribution < -0.4 is 5.32 Å². The normalized spacial score (nSPS) is 17.4. The van der Waals surface area contributed by atoms with Crippen LogP contribution in [0.5, 0.6) is 0 Å². The Bertz CT molecular complexity index is 1450. The molecule has 3 heterocycles. The molecule has 1 aromatic carbocycles. The first kappa shape index (κ1) is 57.5. The number of likely N-dealkylation sites (N-methyl/N-ethyl adjacent to an activating group) is 1. The molecule has 3 aliphatic rings. The highest BCUT2D eigenvalue weighted by molar-refractivity contribution is 5.89. The minimum atomic E-state index is -0.0842. The number of ether oxygens (including phenoxy) is 3. The van der Waals surface area contributed by atoms with Crippen LogP contribution >= 0.6 is 0 Å². The molecule has 1 aromatic heterocycles. The van der Waals surface area contributed by atoms with Gasteiger partial charge in [0.1, 0.15) is 17.7 Å². The predicted octanol–water partition coefficient (Wildman–Crippen LogP) is 12.2. The first-order valence-corrected chi connectivity index (χ1v) is 20.8. The number of fused-ring (bicyclic) bond motifs is 2. The summed E-state index contributed by atoms with van der Waals surface area (Å²) in [5, 5.41) is 11.6. The first-order valence-electron chi connectivity index (χ1n) is 20.8. The number of allylic oxidation sites excluding steroid dienone is 4. The third kappa shape index (κ3) is 22.0. The molecule has 1 aliphatic carbocycles. The van der Waals surface area contributed by atoms with Gasteiger partial charge in [-0.2, -0.15) is 0 Å². The zero-order valence-electron chi connectivity index (χ0n) is 37.5. The van der Waals surface area contributed by atoms with Gasteiger partial charge in [-0.25, -0.2) is 4.98 Å². The maximum Gasteiger partial charge on any atom is 0.189 e. The number of aliphatic hydroxyl groups is 1. The molecule has 2 fully saturated rings. The van der Waals surface area contributed by atoms with Crippen LogP contribution in [0, 0.1) is 12.3 Å². The number of aliphatic hydroxyl groups excluding tert-OH is 1. The molecule has 2 unspecified atom stereocenters. The average molecular weight is 793 g/mol. The summed E-state index contributed by atoms with van der Waals surface area (Å²) in [7, 11) is 4.94. The van der Waals surface area contributed by atoms with E-state index in [1.165, 1.54) is 37.9 Å². The molecule has 2 atom stereocenters. The minimum Gasteiger partial charge on any atom is -0.469 e. The van der Waals surface area contributed by atoms with Gasteiger partial charge in [-0.3, -0.25) is 0 Å². The molecular weight excluding hydrogens is 709 g/mol. The van der Waals surface area contributed by atoms with E-state index in [-0.39, 0.29) is 19.6 Å². The van der Waals surface area contributed by atoms with Crippen LogP contribution in [0.1, 0.15) is 132 Å². The zero-order chi connectivity index (χ0) is 42.7. The molecule has 324 valence electrons. The van der Waals surface area contributed by atoms with E-state index < -0.39 is 0 Å². The molecule has 0 spiro atoms. The van der Waals surface area contributed by atoms with Crippen molar-refractivity contribution < 1.29 is 19.3 Å². The van der Waals surface area contributed by atoms with Crippen molar-refractivity contribution in [1.82, 2.24) is 14.8 Å². The van der Waals surface area contributed by atoms with E-state index in [1.54, 1.807) is 14.0 Å². The minimum absolute atomic E-state index is 0. The number of hydrogen-bond donors (Lipinski definition) is 2. The number of nitrogens with one attached hydrogen (secondary N) is 1. The Morgan fingerprint density at radius 2 is 1.75 bits per heavy atom. The molecule has 2 saturated heterocycles. The molecule has 2 aromatic rings. The summed E-state index contributed by atoms with van der Waals surface area (Å²) in [6, 6.07) is 8.67. The van der Waals surface area contributed by atoms with Gasteiger partial charge in [0.15, 0.2) is 6.79 Å². The Morgan fingerprint density at radius 1 is 1.12 bits per heavy atom.